The highest BCUT2D eigenvalue weighted by Gasteiger charge is 2.21. The standard InChI is InChI=1S/C46H29N3/c1-2-14-32(15-3-1)47-39-19-9-6-16-35(39)38-29-34(24-25-42(38)47)49-41-21-11-8-18-37(41)46-44(49)27-26-43-45(46)36-17-7-10-20-40(36)48(43)33-23-22-30-12-4-5-13-31(30)28-33/h1-29H/i7D,8D,10D,11D,17D,18D,20D,21D,26D,27D. The second kappa shape index (κ2) is 9.96. The van der Waals surface area contributed by atoms with E-state index in [1.54, 1.807) is 9.13 Å². The average Bonchev–Trinajstić information content (AvgIpc) is 3.92. The molecule has 0 atom stereocenters. The zero-order valence-electron chi connectivity index (χ0n) is 35.8. The Hall–Kier alpha value is -6.58. The Morgan fingerprint density at radius 1 is 0.327 bits per heavy atom. The van der Waals surface area contributed by atoms with Gasteiger partial charge < -0.3 is 13.7 Å². The van der Waals surface area contributed by atoms with Gasteiger partial charge in [-0.25, -0.2) is 0 Å². The largest absolute Gasteiger partial charge is 0.309 e. The third-order valence-corrected chi connectivity index (χ3v) is 9.67. The van der Waals surface area contributed by atoms with E-state index in [-0.39, 0.29) is 79.9 Å². The summed E-state index contributed by atoms with van der Waals surface area (Å²) in [5, 5.41) is 4.17. The molecule has 0 spiro atoms. The molecule has 8 aromatic carbocycles. The Morgan fingerprint density at radius 2 is 0.878 bits per heavy atom. The average molecular weight is 634 g/mol. The lowest BCUT2D eigenvalue weighted by Gasteiger charge is -2.11. The molecule has 0 bridgehead atoms. The maximum Gasteiger partial charge on any atom is 0.0646 e. The molecule has 0 radical (unpaired) electrons. The number of para-hydroxylation sites is 4. The van der Waals surface area contributed by atoms with Crippen molar-refractivity contribution in [2.24, 2.45) is 0 Å². The Bertz CT molecular complexity index is 3680. The van der Waals surface area contributed by atoms with E-state index in [2.05, 4.69) is 4.57 Å². The normalized spacial score (nSPS) is 14.9. The topological polar surface area (TPSA) is 14.8 Å². The van der Waals surface area contributed by atoms with Gasteiger partial charge in [0.25, 0.3) is 0 Å². The van der Waals surface area contributed by atoms with Crippen LogP contribution >= 0.6 is 0 Å². The smallest absolute Gasteiger partial charge is 0.0646 e. The second-order valence-corrected chi connectivity index (χ2v) is 12.2. The Balaban J connectivity index is 1.37. The highest BCUT2D eigenvalue weighted by molar-refractivity contribution is 6.29. The number of fused-ring (bicyclic) bond motifs is 11. The highest BCUT2D eigenvalue weighted by atomic mass is 15.0. The van der Waals surface area contributed by atoms with Gasteiger partial charge in [-0.2, -0.15) is 0 Å². The van der Waals surface area contributed by atoms with E-state index in [0.717, 1.165) is 38.3 Å². The molecule has 0 N–H and O–H groups in total. The first-order valence-electron chi connectivity index (χ1n) is 21.1. The van der Waals surface area contributed by atoms with Crippen molar-refractivity contribution in [2.45, 2.75) is 0 Å². The molecular formula is C46H29N3. The summed E-state index contributed by atoms with van der Waals surface area (Å²) in [4.78, 5) is 0. The molecule has 0 saturated heterocycles. The molecular weight excluding hydrogens is 595 g/mol. The third-order valence-electron chi connectivity index (χ3n) is 9.67. The number of nitrogens with zero attached hydrogens (tertiary/aromatic N) is 3. The molecule has 228 valence electrons. The SMILES string of the molecule is [2H]c1c([2H])c([2H])c2c(c1[2H])c1c3c4c([2H])c([2H])c([2H])c([2H])c4n(-c4ccc5c(c4)c4ccccc4n5-c4ccccc4)c3c([2H])c([2H])c1n2-c1ccc2ccccc2c1. The monoisotopic (exact) mass is 633 g/mol. The fourth-order valence-electron chi connectivity index (χ4n) is 7.62. The molecule has 49 heavy (non-hydrogen) atoms. The van der Waals surface area contributed by atoms with E-state index in [0.29, 0.717) is 11.4 Å². The minimum Gasteiger partial charge on any atom is -0.309 e. The number of rotatable bonds is 3. The number of hydrogen-bond donors (Lipinski definition) is 0. The third kappa shape index (κ3) is 3.67. The van der Waals surface area contributed by atoms with Crippen LogP contribution in [-0.2, 0) is 0 Å². The summed E-state index contributed by atoms with van der Waals surface area (Å²) in [6, 6.07) is 33.1. The van der Waals surface area contributed by atoms with Gasteiger partial charge in [0, 0.05) is 49.4 Å². The summed E-state index contributed by atoms with van der Waals surface area (Å²) < 4.78 is 97.5. The minimum absolute atomic E-state index is 0.0845. The van der Waals surface area contributed by atoms with E-state index in [9.17, 15) is 8.22 Å². The van der Waals surface area contributed by atoms with Crippen molar-refractivity contribution in [3.63, 3.8) is 0 Å². The van der Waals surface area contributed by atoms with Crippen molar-refractivity contribution >= 4 is 76.2 Å². The summed E-state index contributed by atoms with van der Waals surface area (Å²) in [5.41, 5.74) is 4.25. The van der Waals surface area contributed by atoms with Gasteiger partial charge in [-0.15, -0.1) is 0 Å². The zero-order valence-corrected chi connectivity index (χ0v) is 25.8. The van der Waals surface area contributed by atoms with Crippen molar-refractivity contribution in [1.82, 2.24) is 13.7 Å². The van der Waals surface area contributed by atoms with Gasteiger partial charge in [0.05, 0.1) is 46.8 Å². The first-order valence-corrected chi connectivity index (χ1v) is 16.1. The number of hydrogen-bond acceptors (Lipinski definition) is 0. The van der Waals surface area contributed by atoms with Gasteiger partial charge in [-0.3, -0.25) is 0 Å². The van der Waals surface area contributed by atoms with Crippen molar-refractivity contribution in [3.8, 4) is 17.1 Å². The Labute approximate surface area is 296 Å². The summed E-state index contributed by atoms with van der Waals surface area (Å²) in [7, 11) is 0. The van der Waals surface area contributed by atoms with Crippen LogP contribution in [0.3, 0.4) is 0 Å². The quantitative estimate of drug-likeness (QED) is 0.184. The molecule has 0 aliphatic carbocycles. The van der Waals surface area contributed by atoms with Crippen molar-refractivity contribution < 1.29 is 13.7 Å². The van der Waals surface area contributed by atoms with Crippen LogP contribution in [0.1, 0.15) is 13.7 Å². The molecule has 0 saturated carbocycles. The van der Waals surface area contributed by atoms with E-state index in [1.807, 2.05) is 115 Å². The molecule has 3 heterocycles. The maximum absolute atomic E-state index is 9.80. The van der Waals surface area contributed by atoms with Gasteiger partial charge in [-0.05, 0) is 83.5 Å². The van der Waals surface area contributed by atoms with Crippen LogP contribution in [-0.4, -0.2) is 13.7 Å². The lowest BCUT2D eigenvalue weighted by molar-refractivity contribution is 1.16. The molecule has 0 unspecified atom stereocenters. The van der Waals surface area contributed by atoms with E-state index >= 15 is 0 Å². The Kier molecular flexibility index (Phi) is 3.80. The number of benzene rings is 8. The van der Waals surface area contributed by atoms with Gasteiger partial charge in [-0.1, -0.05) is 103 Å². The van der Waals surface area contributed by atoms with Crippen molar-refractivity contribution in [3.05, 3.63) is 176 Å². The molecule has 11 aromatic rings. The fourth-order valence-corrected chi connectivity index (χ4v) is 7.62. The van der Waals surface area contributed by atoms with E-state index < -0.39 is 24.2 Å². The van der Waals surface area contributed by atoms with Crippen LogP contribution in [0.15, 0.2) is 176 Å². The zero-order chi connectivity index (χ0) is 40.8. The van der Waals surface area contributed by atoms with Crippen LogP contribution in [0.5, 0.6) is 0 Å². The molecule has 3 aromatic heterocycles. The molecule has 0 fully saturated rings. The minimum atomic E-state index is -0.488. The van der Waals surface area contributed by atoms with Gasteiger partial charge in [0.1, 0.15) is 0 Å². The van der Waals surface area contributed by atoms with E-state index in [1.165, 1.54) is 0 Å². The van der Waals surface area contributed by atoms with Gasteiger partial charge >= 0.3 is 0 Å². The number of aromatic nitrogens is 3. The lowest BCUT2D eigenvalue weighted by atomic mass is 10.1. The predicted molar refractivity (Wildman–Crippen MR) is 207 cm³/mol. The molecule has 0 aliphatic heterocycles. The molecule has 0 amide bonds. The summed E-state index contributed by atoms with van der Waals surface area (Å²) in [6.07, 6.45) is 0. The van der Waals surface area contributed by atoms with Crippen LogP contribution in [0.4, 0.5) is 0 Å². The predicted octanol–water partition coefficient (Wildman–Crippen LogP) is 12.1. The van der Waals surface area contributed by atoms with Crippen LogP contribution in [0, 0.1) is 0 Å². The fraction of sp³-hybridized carbons (Fsp3) is 0. The van der Waals surface area contributed by atoms with Gasteiger partial charge in [0.15, 0.2) is 0 Å². The summed E-state index contributed by atoms with van der Waals surface area (Å²) in [6.45, 7) is 0. The first-order chi connectivity index (χ1) is 28.5. The molecule has 0 aliphatic rings. The summed E-state index contributed by atoms with van der Waals surface area (Å²) in [5.74, 6) is 0. The maximum atomic E-state index is 9.80. The molecule has 3 heteroatoms. The second-order valence-electron chi connectivity index (χ2n) is 12.2. The van der Waals surface area contributed by atoms with Crippen LogP contribution < -0.4 is 0 Å². The van der Waals surface area contributed by atoms with Crippen molar-refractivity contribution in [1.29, 1.82) is 0 Å². The molecule has 11 rings (SSSR count). The van der Waals surface area contributed by atoms with Gasteiger partial charge in [0.2, 0.25) is 0 Å². The first kappa shape index (κ1) is 18.7. The summed E-state index contributed by atoms with van der Waals surface area (Å²) >= 11 is 0. The van der Waals surface area contributed by atoms with E-state index in [4.69, 9.17) is 5.48 Å². The highest BCUT2D eigenvalue weighted by Crippen LogP contribution is 2.43. The van der Waals surface area contributed by atoms with Crippen LogP contribution in [0.2, 0.25) is 0 Å². The lowest BCUT2D eigenvalue weighted by Crippen LogP contribution is -1.96. The Morgan fingerprint density at radius 3 is 1.61 bits per heavy atom. The van der Waals surface area contributed by atoms with Crippen molar-refractivity contribution in [2.75, 3.05) is 0 Å². The van der Waals surface area contributed by atoms with Crippen LogP contribution in [0.25, 0.3) is 93.3 Å². The molecule has 3 nitrogen and oxygen atoms in total.